The zero-order chi connectivity index (χ0) is 13.9. The molecule has 7 nitrogen and oxygen atoms in total. The van der Waals surface area contributed by atoms with Crippen LogP contribution < -0.4 is 5.72 Å². The molecule has 0 atom stereocenters. The quantitative estimate of drug-likeness (QED) is 0.551. The van der Waals surface area contributed by atoms with E-state index in [1.54, 1.807) is 6.33 Å². The number of carbonyl (C=O) groups excluding carboxylic acids is 1. The molecule has 0 radical (unpaired) electrons. The fraction of sp³-hybridized carbons (Fsp3) is 0.667. The lowest BCUT2D eigenvalue weighted by Crippen LogP contribution is -2.55. The van der Waals surface area contributed by atoms with Gasteiger partial charge in [-0.2, -0.15) is 5.26 Å². The SMILES string of the molecule is N#CN1CB(c2nncn2C2CCCCC2)OC(=O)C1. The first-order valence-corrected chi connectivity index (χ1v) is 7.01. The molecule has 1 saturated heterocycles. The van der Waals surface area contributed by atoms with Gasteiger partial charge in [-0.3, -0.25) is 4.79 Å². The lowest BCUT2D eigenvalue weighted by Gasteiger charge is -2.28. The van der Waals surface area contributed by atoms with Crippen LogP contribution in [0, 0.1) is 11.5 Å². The van der Waals surface area contributed by atoms with Gasteiger partial charge in [0.15, 0.2) is 6.19 Å². The van der Waals surface area contributed by atoms with Crippen LogP contribution in [-0.4, -0.2) is 45.5 Å². The van der Waals surface area contributed by atoms with Gasteiger partial charge in [-0.25, -0.2) is 0 Å². The van der Waals surface area contributed by atoms with Gasteiger partial charge in [0, 0.05) is 6.04 Å². The first-order valence-electron chi connectivity index (χ1n) is 7.01. The van der Waals surface area contributed by atoms with Gasteiger partial charge in [-0.1, -0.05) is 19.3 Å². The third-order valence-electron chi connectivity index (χ3n) is 3.98. The predicted molar refractivity (Wildman–Crippen MR) is 70.8 cm³/mol. The van der Waals surface area contributed by atoms with E-state index in [-0.39, 0.29) is 12.5 Å². The van der Waals surface area contributed by atoms with Crippen molar-refractivity contribution in [2.24, 2.45) is 0 Å². The summed E-state index contributed by atoms with van der Waals surface area (Å²) in [5, 5.41) is 17.1. The molecule has 8 heteroatoms. The van der Waals surface area contributed by atoms with Crippen LogP contribution in [0.5, 0.6) is 0 Å². The Labute approximate surface area is 117 Å². The Balaban J connectivity index is 1.81. The highest BCUT2D eigenvalue weighted by atomic mass is 16.5. The van der Waals surface area contributed by atoms with Crippen molar-refractivity contribution in [2.45, 2.75) is 38.1 Å². The van der Waals surface area contributed by atoms with E-state index in [1.165, 1.54) is 24.2 Å². The molecule has 1 aliphatic carbocycles. The maximum Gasteiger partial charge on any atom is 0.454 e. The second kappa shape index (κ2) is 5.53. The summed E-state index contributed by atoms with van der Waals surface area (Å²) in [6, 6.07) is 0.380. The Hall–Kier alpha value is -2.04. The van der Waals surface area contributed by atoms with Crippen LogP contribution in [0.2, 0.25) is 0 Å². The normalized spacial score (nSPS) is 20.6. The highest BCUT2D eigenvalue weighted by Gasteiger charge is 2.37. The Kier molecular flexibility index (Phi) is 3.59. The number of nitrogens with zero attached hydrogens (tertiary/aromatic N) is 5. The lowest BCUT2D eigenvalue weighted by atomic mass is 9.65. The molecule has 0 spiro atoms. The minimum absolute atomic E-state index is 0.0184. The van der Waals surface area contributed by atoms with Gasteiger partial charge in [-0.05, 0) is 12.8 Å². The van der Waals surface area contributed by atoms with Crippen molar-refractivity contribution in [2.75, 3.05) is 13.0 Å². The van der Waals surface area contributed by atoms with Crippen molar-refractivity contribution in [3.8, 4) is 6.19 Å². The number of carbonyl (C=O) groups is 1. The lowest BCUT2D eigenvalue weighted by molar-refractivity contribution is -0.136. The molecule has 0 aromatic carbocycles. The molecule has 0 amide bonds. The third kappa shape index (κ3) is 2.48. The molecule has 0 unspecified atom stereocenters. The van der Waals surface area contributed by atoms with Crippen molar-refractivity contribution in [3.63, 3.8) is 0 Å². The number of hydrogen-bond donors (Lipinski definition) is 0. The molecule has 3 rings (SSSR count). The molecule has 20 heavy (non-hydrogen) atoms. The second-order valence-corrected chi connectivity index (χ2v) is 5.35. The molecule has 1 saturated carbocycles. The fourth-order valence-corrected chi connectivity index (χ4v) is 2.99. The first kappa shape index (κ1) is 13.0. The maximum absolute atomic E-state index is 11.6. The molecule has 104 valence electrons. The second-order valence-electron chi connectivity index (χ2n) is 5.35. The van der Waals surface area contributed by atoms with Gasteiger partial charge < -0.3 is 14.1 Å². The Morgan fingerprint density at radius 3 is 2.95 bits per heavy atom. The van der Waals surface area contributed by atoms with Crippen LogP contribution in [0.4, 0.5) is 0 Å². The number of aromatic nitrogens is 3. The number of nitriles is 1. The Morgan fingerprint density at radius 2 is 2.20 bits per heavy atom. The highest BCUT2D eigenvalue weighted by Crippen LogP contribution is 2.27. The smallest absolute Gasteiger partial charge is 0.454 e. The molecule has 2 heterocycles. The average molecular weight is 273 g/mol. The zero-order valence-corrected chi connectivity index (χ0v) is 11.2. The van der Waals surface area contributed by atoms with E-state index in [2.05, 4.69) is 10.2 Å². The van der Waals surface area contributed by atoms with Crippen molar-refractivity contribution in [3.05, 3.63) is 6.33 Å². The fourth-order valence-electron chi connectivity index (χ4n) is 2.99. The van der Waals surface area contributed by atoms with Crippen LogP contribution in [0.15, 0.2) is 6.33 Å². The van der Waals surface area contributed by atoms with Crippen molar-refractivity contribution < 1.29 is 9.45 Å². The largest absolute Gasteiger partial charge is 0.525 e. The third-order valence-corrected chi connectivity index (χ3v) is 3.98. The van der Waals surface area contributed by atoms with Crippen molar-refractivity contribution >= 4 is 18.6 Å². The van der Waals surface area contributed by atoms with Crippen LogP contribution in [0.1, 0.15) is 38.1 Å². The maximum atomic E-state index is 11.6. The van der Waals surface area contributed by atoms with Crippen LogP contribution in [0.25, 0.3) is 0 Å². The minimum Gasteiger partial charge on any atom is -0.525 e. The van der Waals surface area contributed by atoms with Gasteiger partial charge >= 0.3 is 12.9 Å². The molecule has 1 aromatic rings. The molecular formula is C12H16BN5O2. The summed E-state index contributed by atoms with van der Waals surface area (Å²) in [5.41, 5.74) is 0.658. The van der Waals surface area contributed by atoms with E-state index in [4.69, 9.17) is 9.92 Å². The molecule has 1 aliphatic heterocycles. The number of rotatable bonds is 2. The first-order chi connectivity index (χ1) is 9.78. The summed E-state index contributed by atoms with van der Waals surface area (Å²) in [4.78, 5) is 13.0. The van der Waals surface area contributed by atoms with Crippen LogP contribution in [-0.2, 0) is 9.45 Å². The van der Waals surface area contributed by atoms with Gasteiger partial charge in [0.1, 0.15) is 18.6 Å². The van der Waals surface area contributed by atoms with Crippen molar-refractivity contribution in [1.29, 1.82) is 5.26 Å². The molecule has 2 aliphatic rings. The summed E-state index contributed by atoms with van der Waals surface area (Å²) in [5.74, 6) is -0.388. The van der Waals surface area contributed by atoms with Gasteiger partial charge in [0.05, 0.1) is 6.44 Å². The van der Waals surface area contributed by atoms with Crippen molar-refractivity contribution in [1.82, 2.24) is 19.7 Å². The molecular weight excluding hydrogens is 257 g/mol. The van der Waals surface area contributed by atoms with E-state index < -0.39 is 6.92 Å². The summed E-state index contributed by atoms with van der Waals surface area (Å²) < 4.78 is 7.37. The van der Waals surface area contributed by atoms with E-state index in [1.807, 2.05) is 10.8 Å². The molecule has 0 bridgehead atoms. The van der Waals surface area contributed by atoms with E-state index in [9.17, 15) is 4.79 Å². The Morgan fingerprint density at radius 1 is 1.40 bits per heavy atom. The minimum atomic E-state index is -0.500. The average Bonchev–Trinajstić information content (AvgIpc) is 2.97. The molecule has 0 N–H and O–H groups in total. The summed E-state index contributed by atoms with van der Waals surface area (Å²) >= 11 is 0. The highest BCUT2D eigenvalue weighted by molar-refractivity contribution is 6.67. The molecule has 1 aromatic heterocycles. The monoisotopic (exact) mass is 273 g/mol. The van der Waals surface area contributed by atoms with Crippen LogP contribution >= 0.6 is 0 Å². The summed E-state index contributed by atoms with van der Waals surface area (Å²) in [7, 11) is 0. The van der Waals surface area contributed by atoms with E-state index >= 15 is 0 Å². The van der Waals surface area contributed by atoms with Crippen LogP contribution in [0.3, 0.4) is 0 Å². The van der Waals surface area contributed by atoms with E-state index in [0.717, 1.165) is 12.8 Å². The van der Waals surface area contributed by atoms with E-state index in [0.29, 0.717) is 18.2 Å². The van der Waals surface area contributed by atoms with Gasteiger partial charge in [0.25, 0.3) is 0 Å². The predicted octanol–water partition coefficient (Wildman–Crippen LogP) is -0.139. The summed E-state index contributed by atoms with van der Waals surface area (Å²) in [6.45, 7) is -0.481. The number of hydrogen-bond acceptors (Lipinski definition) is 6. The van der Waals surface area contributed by atoms with Gasteiger partial charge in [-0.15, -0.1) is 10.2 Å². The topological polar surface area (TPSA) is 84.0 Å². The van der Waals surface area contributed by atoms with Gasteiger partial charge in [0.2, 0.25) is 0 Å². The standard InChI is InChI=1S/C12H16BN5O2/c14-8-17-6-11(19)20-13(7-17)12-16-15-9-18(12)10-4-2-1-3-5-10/h9-10H,1-7H2. The summed E-state index contributed by atoms with van der Waals surface area (Å²) in [6.07, 6.45) is 9.96. The Bertz CT molecular complexity index is 534. The molecule has 2 fully saturated rings. The zero-order valence-electron chi connectivity index (χ0n) is 11.2.